The number of carbonyl (C=O) groups is 1. The Bertz CT molecular complexity index is 495. The number of hydrogen-bond acceptors (Lipinski definition) is 3. The van der Waals surface area contributed by atoms with Crippen LogP contribution in [0, 0.1) is 5.41 Å². The molecule has 0 saturated carbocycles. The second-order valence-electron chi connectivity index (χ2n) is 7.49. The minimum Gasteiger partial charge on any atom is -0.351 e. The molecule has 0 saturated heterocycles. The van der Waals surface area contributed by atoms with Gasteiger partial charge in [-0.2, -0.15) is 0 Å². The molecule has 1 aromatic carbocycles. The predicted octanol–water partition coefficient (Wildman–Crippen LogP) is 3.16. The minimum atomic E-state index is -0.237. The predicted molar refractivity (Wildman–Crippen MR) is 102 cm³/mol. The number of rotatable bonds is 9. The zero-order valence-electron chi connectivity index (χ0n) is 16.5. The van der Waals surface area contributed by atoms with E-state index in [0.717, 1.165) is 25.2 Å². The second-order valence-corrected chi connectivity index (χ2v) is 7.49. The Hall–Kier alpha value is -1.39. The zero-order chi connectivity index (χ0) is 18.3. The van der Waals surface area contributed by atoms with E-state index in [0.29, 0.717) is 0 Å². The molecule has 0 bridgehead atoms. The van der Waals surface area contributed by atoms with Crippen molar-refractivity contribution in [2.45, 2.75) is 46.7 Å². The van der Waals surface area contributed by atoms with Gasteiger partial charge in [0.2, 0.25) is 5.91 Å². The highest BCUT2D eigenvalue weighted by molar-refractivity contribution is 5.83. The third kappa shape index (κ3) is 5.60. The third-order valence-corrected chi connectivity index (χ3v) is 4.80. The van der Waals surface area contributed by atoms with Crippen molar-refractivity contribution in [1.29, 1.82) is 0 Å². The van der Waals surface area contributed by atoms with Crippen molar-refractivity contribution < 1.29 is 4.79 Å². The van der Waals surface area contributed by atoms with E-state index in [2.05, 4.69) is 63.8 Å². The summed E-state index contributed by atoms with van der Waals surface area (Å²) < 4.78 is 0. The fraction of sp³-hybridized carbons (Fsp3) is 0.650. The number of nitrogens with zero attached hydrogens (tertiary/aromatic N) is 2. The van der Waals surface area contributed by atoms with Crippen molar-refractivity contribution in [1.82, 2.24) is 15.1 Å². The molecule has 0 aromatic heterocycles. The number of benzene rings is 1. The van der Waals surface area contributed by atoms with Crippen LogP contribution in [0.3, 0.4) is 0 Å². The SMILES string of the molecule is CCN(CC)[C@@H](C(=O)N[C@H](C)C(C)(C)CN(C)C)c1ccccc1. The molecule has 4 heteroatoms. The summed E-state index contributed by atoms with van der Waals surface area (Å²) in [6.07, 6.45) is 0. The van der Waals surface area contributed by atoms with Gasteiger partial charge in [0.25, 0.3) is 0 Å². The number of nitrogens with one attached hydrogen (secondary N) is 1. The quantitative estimate of drug-likeness (QED) is 0.754. The number of carbonyl (C=O) groups excluding carboxylic acids is 1. The average Bonchev–Trinajstić information content (AvgIpc) is 2.51. The van der Waals surface area contributed by atoms with Gasteiger partial charge in [0.15, 0.2) is 0 Å². The van der Waals surface area contributed by atoms with Crippen LogP contribution in [0.15, 0.2) is 30.3 Å². The van der Waals surface area contributed by atoms with Gasteiger partial charge in [0, 0.05) is 12.6 Å². The van der Waals surface area contributed by atoms with Crippen molar-refractivity contribution in [3.63, 3.8) is 0 Å². The lowest BCUT2D eigenvalue weighted by Crippen LogP contribution is -2.50. The highest BCUT2D eigenvalue weighted by Crippen LogP contribution is 2.25. The molecule has 0 heterocycles. The molecule has 0 unspecified atom stereocenters. The van der Waals surface area contributed by atoms with E-state index >= 15 is 0 Å². The summed E-state index contributed by atoms with van der Waals surface area (Å²) in [6.45, 7) is 13.3. The largest absolute Gasteiger partial charge is 0.351 e. The lowest BCUT2D eigenvalue weighted by molar-refractivity contribution is -0.128. The van der Waals surface area contributed by atoms with Gasteiger partial charge in [-0.15, -0.1) is 0 Å². The molecule has 0 radical (unpaired) electrons. The molecule has 2 atom stereocenters. The van der Waals surface area contributed by atoms with Crippen LogP contribution in [0.1, 0.15) is 46.2 Å². The van der Waals surface area contributed by atoms with E-state index < -0.39 is 0 Å². The van der Waals surface area contributed by atoms with E-state index in [9.17, 15) is 4.79 Å². The molecular weight excluding hydrogens is 298 g/mol. The molecule has 0 aliphatic carbocycles. The topological polar surface area (TPSA) is 35.6 Å². The molecule has 0 aliphatic heterocycles. The molecular formula is C20H35N3O. The van der Waals surface area contributed by atoms with Crippen molar-refractivity contribution >= 4 is 5.91 Å². The van der Waals surface area contributed by atoms with E-state index in [1.54, 1.807) is 0 Å². The first kappa shape index (κ1) is 20.7. The maximum Gasteiger partial charge on any atom is 0.242 e. The summed E-state index contributed by atoms with van der Waals surface area (Å²) in [6, 6.07) is 9.92. The van der Waals surface area contributed by atoms with Crippen LogP contribution in [0.25, 0.3) is 0 Å². The van der Waals surface area contributed by atoms with Crippen molar-refractivity contribution in [2.75, 3.05) is 33.7 Å². The fourth-order valence-corrected chi connectivity index (χ4v) is 3.19. The Kier molecular flexibility index (Phi) is 7.91. The molecule has 1 aromatic rings. The first-order chi connectivity index (χ1) is 11.2. The van der Waals surface area contributed by atoms with Crippen LogP contribution in [0.5, 0.6) is 0 Å². The Labute approximate surface area is 148 Å². The first-order valence-electron chi connectivity index (χ1n) is 8.97. The van der Waals surface area contributed by atoms with Gasteiger partial charge < -0.3 is 10.2 Å². The Morgan fingerprint density at radius 2 is 1.67 bits per heavy atom. The standard InChI is InChI=1S/C20H35N3O/c1-8-23(9-2)18(17-13-11-10-12-14-17)19(24)21-16(3)20(4,5)15-22(6)7/h10-14,16,18H,8-9,15H2,1-7H3,(H,21,24)/t16-,18-/m1/s1. The molecule has 4 nitrogen and oxygen atoms in total. The molecule has 0 aliphatic rings. The summed E-state index contributed by atoms with van der Waals surface area (Å²) in [4.78, 5) is 17.5. The average molecular weight is 334 g/mol. The summed E-state index contributed by atoms with van der Waals surface area (Å²) >= 11 is 0. The number of hydrogen-bond donors (Lipinski definition) is 1. The summed E-state index contributed by atoms with van der Waals surface area (Å²) in [7, 11) is 4.14. The second kappa shape index (κ2) is 9.19. The van der Waals surface area contributed by atoms with Crippen LogP contribution >= 0.6 is 0 Å². The van der Waals surface area contributed by atoms with Crippen molar-refractivity contribution in [3.8, 4) is 0 Å². The Morgan fingerprint density at radius 3 is 2.12 bits per heavy atom. The molecule has 1 amide bonds. The number of amides is 1. The molecule has 0 spiro atoms. The van der Waals surface area contributed by atoms with Gasteiger partial charge in [-0.05, 0) is 45.1 Å². The normalized spacial score (nSPS) is 14.7. The van der Waals surface area contributed by atoms with E-state index in [-0.39, 0.29) is 23.4 Å². The molecule has 1 rings (SSSR count). The molecule has 1 N–H and O–H groups in total. The van der Waals surface area contributed by atoms with Gasteiger partial charge in [0.05, 0.1) is 0 Å². The van der Waals surface area contributed by atoms with Crippen LogP contribution in [0.2, 0.25) is 0 Å². The van der Waals surface area contributed by atoms with Gasteiger partial charge >= 0.3 is 0 Å². The van der Waals surface area contributed by atoms with Gasteiger partial charge in [-0.1, -0.05) is 58.0 Å². The molecule has 136 valence electrons. The molecule has 0 fully saturated rings. The first-order valence-corrected chi connectivity index (χ1v) is 8.97. The van der Waals surface area contributed by atoms with Crippen molar-refractivity contribution in [3.05, 3.63) is 35.9 Å². The highest BCUT2D eigenvalue weighted by atomic mass is 16.2. The zero-order valence-corrected chi connectivity index (χ0v) is 16.5. The van der Waals surface area contributed by atoms with Gasteiger partial charge in [-0.3, -0.25) is 9.69 Å². The third-order valence-electron chi connectivity index (χ3n) is 4.80. The van der Waals surface area contributed by atoms with Crippen LogP contribution < -0.4 is 5.32 Å². The summed E-state index contributed by atoms with van der Waals surface area (Å²) in [5, 5.41) is 3.27. The van der Waals surface area contributed by atoms with E-state index in [1.165, 1.54) is 0 Å². The Balaban J connectivity index is 2.97. The number of likely N-dealkylation sites (N-methyl/N-ethyl adjacent to an activating group) is 1. The van der Waals surface area contributed by atoms with E-state index in [1.807, 2.05) is 30.3 Å². The fourth-order valence-electron chi connectivity index (χ4n) is 3.19. The van der Waals surface area contributed by atoms with Crippen molar-refractivity contribution in [2.24, 2.45) is 5.41 Å². The van der Waals surface area contributed by atoms with Crippen LogP contribution in [-0.2, 0) is 4.79 Å². The van der Waals surface area contributed by atoms with Crippen LogP contribution in [-0.4, -0.2) is 55.5 Å². The Morgan fingerprint density at radius 1 is 1.12 bits per heavy atom. The lowest BCUT2D eigenvalue weighted by atomic mass is 9.84. The monoisotopic (exact) mass is 333 g/mol. The van der Waals surface area contributed by atoms with E-state index in [4.69, 9.17) is 0 Å². The smallest absolute Gasteiger partial charge is 0.242 e. The molecule has 24 heavy (non-hydrogen) atoms. The maximum absolute atomic E-state index is 13.1. The van der Waals surface area contributed by atoms with Gasteiger partial charge in [-0.25, -0.2) is 0 Å². The van der Waals surface area contributed by atoms with Crippen LogP contribution in [0.4, 0.5) is 0 Å². The van der Waals surface area contributed by atoms with Gasteiger partial charge in [0.1, 0.15) is 6.04 Å². The summed E-state index contributed by atoms with van der Waals surface area (Å²) in [5.74, 6) is 0.0873. The maximum atomic E-state index is 13.1. The highest BCUT2D eigenvalue weighted by Gasteiger charge is 2.32. The summed E-state index contributed by atoms with van der Waals surface area (Å²) in [5.41, 5.74) is 1.06. The lowest BCUT2D eigenvalue weighted by Gasteiger charge is -2.37. The minimum absolute atomic E-state index is 0.00363.